The van der Waals surface area contributed by atoms with Crippen molar-refractivity contribution < 1.29 is 14.3 Å². The number of rotatable bonds is 4. The van der Waals surface area contributed by atoms with Crippen LogP contribution in [-0.4, -0.2) is 36.0 Å². The molecule has 0 aromatic heterocycles. The van der Waals surface area contributed by atoms with Crippen LogP contribution in [0.5, 0.6) is 0 Å². The first-order chi connectivity index (χ1) is 8.85. The lowest BCUT2D eigenvalue weighted by molar-refractivity contribution is -0.157. The minimum atomic E-state index is -0.360. The van der Waals surface area contributed by atoms with E-state index in [1.807, 2.05) is 6.92 Å². The Kier molecular flexibility index (Phi) is 5.83. The molecule has 0 bridgehead atoms. The van der Waals surface area contributed by atoms with E-state index in [2.05, 4.69) is 20.8 Å². The lowest BCUT2D eigenvalue weighted by Gasteiger charge is -2.34. The van der Waals surface area contributed by atoms with E-state index in [-0.39, 0.29) is 23.3 Å². The summed E-state index contributed by atoms with van der Waals surface area (Å²) in [5.41, 5.74) is 0.159. The van der Waals surface area contributed by atoms with E-state index in [0.29, 0.717) is 19.6 Å². The fraction of sp³-hybridized carbons (Fsp3) is 0.867. The number of piperidine rings is 1. The first kappa shape index (κ1) is 16.0. The van der Waals surface area contributed by atoms with Crippen LogP contribution in [0.2, 0.25) is 0 Å². The van der Waals surface area contributed by atoms with E-state index in [9.17, 15) is 9.59 Å². The summed E-state index contributed by atoms with van der Waals surface area (Å²) in [6, 6.07) is -0.360. The van der Waals surface area contributed by atoms with Crippen molar-refractivity contribution in [3.63, 3.8) is 0 Å². The van der Waals surface area contributed by atoms with Gasteiger partial charge in [-0.1, -0.05) is 27.7 Å². The standard InChI is InChI=1S/C15H27NO3/c1-5-13(17)16-10-7-6-8-12(16)14(18)19-11-9-15(2,3)4/h12H,5-11H2,1-4H3. The van der Waals surface area contributed by atoms with Crippen LogP contribution in [0.4, 0.5) is 0 Å². The molecule has 1 aliphatic heterocycles. The van der Waals surface area contributed by atoms with Crippen molar-refractivity contribution >= 4 is 11.9 Å². The van der Waals surface area contributed by atoms with Gasteiger partial charge in [0, 0.05) is 13.0 Å². The number of carbonyl (C=O) groups is 2. The first-order valence-corrected chi connectivity index (χ1v) is 7.31. The van der Waals surface area contributed by atoms with Gasteiger partial charge in [-0.2, -0.15) is 0 Å². The second-order valence-electron chi connectivity index (χ2n) is 6.43. The molecule has 0 radical (unpaired) electrons. The third-order valence-corrected chi connectivity index (χ3v) is 3.49. The monoisotopic (exact) mass is 269 g/mol. The van der Waals surface area contributed by atoms with Crippen molar-refractivity contribution in [1.29, 1.82) is 0 Å². The summed E-state index contributed by atoms with van der Waals surface area (Å²) in [7, 11) is 0. The molecule has 1 unspecified atom stereocenters. The number of nitrogens with zero attached hydrogens (tertiary/aromatic N) is 1. The minimum Gasteiger partial charge on any atom is -0.464 e. The molecule has 1 atom stereocenters. The summed E-state index contributed by atoms with van der Waals surface area (Å²) in [4.78, 5) is 25.6. The highest BCUT2D eigenvalue weighted by Gasteiger charge is 2.32. The normalized spacial score (nSPS) is 20.2. The number of carbonyl (C=O) groups excluding carboxylic acids is 2. The fourth-order valence-electron chi connectivity index (χ4n) is 2.23. The van der Waals surface area contributed by atoms with Crippen molar-refractivity contribution in [3.05, 3.63) is 0 Å². The molecule has 19 heavy (non-hydrogen) atoms. The highest BCUT2D eigenvalue weighted by molar-refractivity contribution is 5.84. The fourth-order valence-corrected chi connectivity index (χ4v) is 2.23. The van der Waals surface area contributed by atoms with E-state index in [4.69, 9.17) is 4.74 Å². The molecule has 1 saturated heterocycles. The zero-order valence-corrected chi connectivity index (χ0v) is 12.7. The van der Waals surface area contributed by atoms with Crippen molar-refractivity contribution in [1.82, 2.24) is 4.90 Å². The number of hydrogen-bond acceptors (Lipinski definition) is 3. The summed E-state index contributed by atoms with van der Waals surface area (Å²) in [5.74, 6) is -0.178. The molecule has 1 aliphatic rings. The number of ether oxygens (including phenoxy) is 1. The maximum Gasteiger partial charge on any atom is 0.328 e. The maximum absolute atomic E-state index is 12.1. The van der Waals surface area contributed by atoms with Crippen molar-refractivity contribution in [2.24, 2.45) is 5.41 Å². The Hall–Kier alpha value is -1.06. The molecule has 4 nitrogen and oxygen atoms in total. The Morgan fingerprint density at radius 1 is 1.26 bits per heavy atom. The van der Waals surface area contributed by atoms with Crippen molar-refractivity contribution in [3.8, 4) is 0 Å². The smallest absolute Gasteiger partial charge is 0.328 e. The van der Waals surface area contributed by atoms with Gasteiger partial charge in [0.25, 0.3) is 0 Å². The second-order valence-corrected chi connectivity index (χ2v) is 6.43. The molecule has 1 rings (SSSR count). The zero-order valence-electron chi connectivity index (χ0n) is 12.7. The van der Waals surface area contributed by atoms with Crippen molar-refractivity contribution in [2.75, 3.05) is 13.2 Å². The van der Waals surface area contributed by atoms with Crippen LogP contribution in [0.3, 0.4) is 0 Å². The number of amides is 1. The van der Waals surface area contributed by atoms with E-state index >= 15 is 0 Å². The van der Waals surface area contributed by atoms with E-state index in [0.717, 1.165) is 25.7 Å². The summed E-state index contributed by atoms with van der Waals surface area (Å²) < 4.78 is 5.35. The van der Waals surface area contributed by atoms with Gasteiger partial charge in [-0.25, -0.2) is 4.79 Å². The van der Waals surface area contributed by atoms with Gasteiger partial charge in [-0.3, -0.25) is 4.79 Å². The molecule has 0 aliphatic carbocycles. The van der Waals surface area contributed by atoms with Crippen LogP contribution in [0.25, 0.3) is 0 Å². The predicted octanol–water partition coefficient (Wildman–Crippen LogP) is 2.76. The molecule has 0 aromatic rings. The predicted molar refractivity (Wildman–Crippen MR) is 74.7 cm³/mol. The van der Waals surface area contributed by atoms with Crippen LogP contribution in [0, 0.1) is 5.41 Å². The Morgan fingerprint density at radius 2 is 1.95 bits per heavy atom. The Balaban J connectivity index is 2.50. The summed E-state index contributed by atoms with van der Waals surface area (Å²) in [6.45, 7) is 9.31. The SMILES string of the molecule is CCC(=O)N1CCCCC1C(=O)OCCC(C)(C)C. The lowest BCUT2D eigenvalue weighted by atomic mass is 9.93. The highest BCUT2D eigenvalue weighted by Crippen LogP contribution is 2.21. The van der Waals surface area contributed by atoms with Gasteiger partial charge in [0.15, 0.2) is 0 Å². The van der Waals surface area contributed by atoms with Crippen LogP contribution in [0.1, 0.15) is 59.8 Å². The molecule has 0 aromatic carbocycles. The first-order valence-electron chi connectivity index (χ1n) is 7.31. The van der Waals surface area contributed by atoms with Gasteiger partial charge in [0.2, 0.25) is 5.91 Å². The Morgan fingerprint density at radius 3 is 2.53 bits per heavy atom. The van der Waals surface area contributed by atoms with Gasteiger partial charge in [0.1, 0.15) is 6.04 Å². The van der Waals surface area contributed by atoms with Gasteiger partial charge < -0.3 is 9.64 Å². The van der Waals surface area contributed by atoms with Gasteiger partial charge in [0.05, 0.1) is 6.61 Å². The molecule has 110 valence electrons. The third kappa shape index (κ3) is 5.21. The molecule has 1 heterocycles. The summed E-state index contributed by atoms with van der Waals surface area (Å²) in [5, 5.41) is 0. The van der Waals surface area contributed by atoms with Crippen molar-refractivity contribution in [2.45, 2.75) is 65.8 Å². The quantitative estimate of drug-likeness (QED) is 0.737. The van der Waals surface area contributed by atoms with E-state index in [1.165, 1.54) is 0 Å². The molecular formula is C15H27NO3. The van der Waals surface area contributed by atoms with E-state index in [1.54, 1.807) is 4.90 Å². The summed E-state index contributed by atoms with van der Waals surface area (Å²) in [6.07, 6.45) is 4.00. The third-order valence-electron chi connectivity index (χ3n) is 3.49. The molecule has 0 spiro atoms. The molecule has 4 heteroatoms. The largest absolute Gasteiger partial charge is 0.464 e. The van der Waals surface area contributed by atoms with E-state index < -0.39 is 0 Å². The zero-order chi connectivity index (χ0) is 14.5. The molecular weight excluding hydrogens is 242 g/mol. The van der Waals surface area contributed by atoms with Crippen LogP contribution >= 0.6 is 0 Å². The number of hydrogen-bond donors (Lipinski definition) is 0. The minimum absolute atomic E-state index is 0.0532. The Bertz CT molecular complexity index is 320. The highest BCUT2D eigenvalue weighted by atomic mass is 16.5. The Labute approximate surface area is 116 Å². The van der Waals surface area contributed by atoms with Gasteiger partial charge >= 0.3 is 5.97 Å². The number of esters is 1. The molecule has 1 amide bonds. The van der Waals surface area contributed by atoms with Gasteiger partial charge in [-0.15, -0.1) is 0 Å². The molecule has 0 N–H and O–H groups in total. The topological polar surface area (TPSA) is 46.6 Å². The molecule has 0 saturated carbocycles. The lowest BCUT2D eigenvalue weighted by Crippen LogP contribution is -2.48. The number of likely N-dealkylation sites (tertiary alicyclic amines) is 1. The van der Waals surface area contributed by atoms with Gasteiger partial charge in [-0.05, 0) is 31.1 Å². The van der Waals surface area contributed by atoms with Crippen LogP contribution in [-0.2, 0) is 14.3 Å². The average molecular weight is 269 g/mol. The van der Waals surface area contributed by atoms with Crippen LogP contribution < -0.4 is 0 Å². The average Bonchev–Trinajstić information content (AvgIpc) is 2.36. The van der Waals surface area contributed by atoms with Crippen LogP contribution in [0.15, 0.2) is 0 Å². The summed E-state index contributed by atoms with van der Waals surface area (Å²) >= 11 is 0. The molecule has 1 fully saturated rings. The maximum atomic E-state index is 12.1. The second kappa shape index (κ2) is 6.92.